The highest BCUT2D eigenvalue weighted by atomic mass is 32.2. The maximum absolute atomic E-state index is 12.2. The monoisotopic (exact) mass is 386 g/mol. The number of aliphatic hydroxyl groups is 2. The Hall–Kier alpha value is -0.850. The minimum Gasteiger partial charge on any atom is -0.481 e. The van der Waals surface area contributed by atoms with E-state index in [0.29, 0.717) is 25.0 Å². The van der Waals surface area contributed by atoms with Crippen LogP contribution < -0.4 is 0 Å². The summed E-state index contributed by atoms with van der Waals surface area (Å²) in [5, 5.41) is 29.2. The molecule has 1 aliphatic carbocycles. The normalized spacial score (nSPS) is 25.7. The van der Waals surface area contributed by atoms with Crippen molar-refractivity contribution < 1.29 is 24.9 Å². The molecule has 0 aliphatic heterocycles. The molecule has 0 amide bonds. The van der Waals surface area contributed by atoms with E-state index in [0.717, 1.165) is 25.7 Å². The Labute approximate surface area is 161 Å². The van der Waals surface area contributed by atoms with Gasteiger partial charge in [0.25, 0.3) is 0 Å². The number of Topliss-reactive ketones (excluding diaryl/α,β-unsaturated/α-hetero) is 1. The maximum Gasteiger partial charge on any atom is 0.303 e. The van der Waals surface area contributed by atoms with Gasteiger partial charge in [-0.25, -0.2) is 0 Å². The molecule has 1 aliphatic rings. The highest BCUT2D eigenvalue weighted by Crippen LogP contribution is 2.37. The molecule has 6 heteroatoms. The number of carbonyl (C=O) groups is 2. The van der Waals surface area contributed by atoms with Crippen LogP contribution in [-0.4, -0.2) is 49.8 Å². The molecule has 0 aromatic heterocycles. The number of thioether (sulfide) groups is 1. The standard InChI is InChI=1S/C20H34O5S/c1-3-4-9-12-20(2,25)14-26-19-15(16(21)13-17(19)22)10-7-5-6-8-11-18(23)24/h5,7,15,17,19,22,25H,3-4,6,8-14H2,1-2H3,(H,23,24)/t15-,17?,19+,20?/m0/s1. The number of ketones is 1. The number of hydrogen-bond acceptors (Lipinski definition) is 5. The molecule has 0 aromatic carbocycles. The number of carbonyl (C=O) groups excluding carboxylic acids is 1. The Bertz CT molecular complexity index is 475. The molecule has 0 saturated heterocycles. The van der Waals surface area contributed by atoms with Crippen LogP contribution in [0.5, 0.6) is 0 Å². The molecule has 0 radical (unpaired) electrons. The van der Waals surface area contributed by atoms with E-state index in [1.165, 1.54) is 11.8 Å². The topological polar surface area (TPSA) is 94.8 Å². The number of aliphatic hydroxyl groups excluding tert-OH is 1. The Kier molecular flexibility index (Phi) is 10.5. The molecule has 2 unspecified atom stereocenters. The van der Waals surface area contributed by atoms with Gasteiger partial charge in [0.2, 0.25) is 0 Å². The van der Waals surface area contributed by atoms with Crippen LogP contribution in [-0.2, 0) is 9.59 Å². The van der Waals surface area contributed by atoms with E-state index in [2.05, 4.69) is 6.92 Å². The summed E-state index contributed by atoms with van der Waals surface area (Å²) in [6, 6.07) is 0. The molecule has 0 bridgehead atoms. The fourth-order valence-electron chi connectivity index (χ4n) is 3.25. The third kappa shape index (κ3) is 8.69. The summed E-state index contributed by atoms with van der Waals surface area (Å²) in [5.74, 6) is -0.423. The predicted octanol–water partition coefficient (Wildman–Crippen LogP) is 3.57. The molecule has 1 fully saturated rings. The van der Waals surface area contributed by atoms with Crippen LogP contribution in [0.1, 0.15) is 71.6 Å². The molecule has 0 aromatic rings. The summed E-state index contributed by atoms with van der Waals surface area (Å²) in [7, 11) is 0. The van der Waals surface area contributed by atoms with Crippen LogP contribution in [0.25, 0.3) is 0 Å². The molecule has 4 atom stereocenters. The summed E-state index contributed by atoms with van der Waals surface area (Å²) in [4.78, 5) is 22.7. The second kappa shape index (κ2) is 11.8. The van der Waals surface area contributed by atoms with Crippen molar-refractivity contribution in [3.63, 3.8) is 0 Å². The number of unbranched alkanes of at least 4 members (excludes halogenated alkanes) is 3. The fraction of sp³-hybridized carbons (Fsp3) is 0.800. The highest BCUT2D eigenvalue weighted by molar-refractivity contribution is 8.00. The van der Waals surface area contributed by atoms with Crippen molar-refractivity contribution in [3.8, 4) is 0 Å². The third-order valence-corrected chi connectivity index (χ3v) is 6.64. The van der Waals surface area contributed by atoms with E-state index >= 15 is 0 Å². The predicted molar refractivity (Wildman–Crippen MR) is 105 cm³/mol. The van der Waals surface area contributed by atoms with E-state index in [4.69, 9.17) is 5.11 Å². The highest BCUT2D eigenvalue weighted by Gasteiger charge is 2.41. The van der Waals surface area contributed by atoms with E-state index in [1.54, 1.807) is 0 Å². The van der Waals surface area contributed by atoms with Crippen molar-refractivity contribution in [3.05, 3.63) is 12.2 Å². The van der Waals surface area contributed by atoms with E-state index in [1.807, 2.05) is 19.1 Å². The van der Waals surface area contributed by atoms with E-state index in [-0.39, 0.29) is 29.8 Å². The van der Waals surface area contributed by atoms with Gasteiger partial charge in [-0.3, -0.25) is 9.59 Å². The van der Waals surface area contributed by atoms with Crippen LogP contribution in [0, 0.1) is 5.92 Å². The third-order valence-electron chi connectivity index (χ3n) is 4.82. The SMILES string of the molecule is CCCCCC(C)(O)CS[C@H]1C(O)CC(=O)[C@@H]1CC=CCCCC(=O)O. The van der Waals surface area contributed by atoms with Crippen molar-refractivity contribution in [2.75, 3.05) is 5.75 Å². The van der Waals surface area contributed by atoms with Crippen LogP contribution in [0.2, 0.25) is 0 Å². The molecule has 150 valence electrons. The van der Waals surface area contributed by atoms with Crippen molar-refractivity contribution >= 4 is 23.5 Å². The van der Waals surface area contributed by atoms with Gasteiger partial charge in [0.1, 0.15) is 5.78 Å². The van der Waals surface area contributed by atoms with Crippen molar-refractivity contribution in [1.29, 1.82) is 0 Å². The Morgan fingerprint density at radius 3 is 2.69 bits per heavy atom. The lowest BCUT2D eigenvalue weighted by Crippen LogP contribution is -2.31. The van der Waals surface area contributed by atoms with Gasteiger partial charge in [0.05, 0.1) is 11.7 Å². The molecular formula is C20H34O5S. The number of aliphatic carboxylic acids is 1. The number of hydrogen-bond donors (Lipinski definition) is 3. The largest absolute Gasteiger partial charge is 0.481 e. The quantitative estimate of drug-likeness (QED) is 0.331. The van der Waals surface area contributed by atoms with Gasteiger partial charge >= 0.3 is 5.97 Å². The first-order valence-electron chi connectivity index (χ1n) is 9.68. The molecule has 0 heterocycles. The van der Waals surface area contributed by atoms with Crippen molar-refractivity contribution in [2.45, 2.75) is 88.6 Å². The first-order valence-corrected chi connectivity index (χ1v) is 10.7. The summed E-state index contributed by atoms with van der Waals surface area (Å²) in [6.07, 6.45) is 9.30. The molecule has 0 spiro atoms. The van der Waals surface area contributed by atoms with Gasteiger partial charge in [-0.05, 0) is 32.6 Å². The van der Waals surface area contributed by atoms with Gasteiger partial charge in [-0.2, -0.15) is 11.8 Å². The average Bonchev–Trinajstić information content (AvgIpc) is 2.82. The number of allylic oxidation sites excluding steroid dienone is 2. The number of carboxylic acids is 1. The fourth-order valence-corrected chi connectivity index (χ4v) is 4.76. The van der Waals surface area contributed by atoms with Crippen molar-refractivity contribution in [1.82, 2.24) is 0 Å². The maximum atomic E-state index is 12.2. The second-order valence-corrected chi connectivity index (χ2v) is 8.73. The molecular weight excluding hydrogens is 352 g/mol. The lowest BCUT2D eigenvalue weighted by Gasteiger charge is -2.27. The Balaban J connectivity index is 2.47. The van der Waals surface area contributed by atoms with Crippen LogP contribution in [0.4, 0.5) is 0 Å². The van der Waals surface area contributed by atoms with E-state index in [9.17, 15) is 19.8 Å². The van der Waals surface area contributed by atoms with E-state index < -0.39 is 17.7 Å². The van der Waals surface area contributed by atoms with Gasteiger partial charge in [0.15, 0.2) is 0 Å². The average molecular weight is 387 g/mol. The Morgan fingerprint density at radius 1 is 1.31 bits per heavy atom. The second-order valence-electron chi connectivity index (χ2n) is 7.57. The van der Waals surface area contributed by atoms with Gasteiger partial charge in [-0.1, -0.05) is 38.3 Å². The van der Waals surface area contributed by atoms with Gasteiger partial charge in [0, 0.05) is 29.8 Å². The van der Waals surface area contributed by atoms with Crippen LogP contribution in [0.15, 0.2) is 12.2 Å². The summed E-state index contributed by atoms with van der Waals surface area (Å²) in [6.45, 7) is 3.96. The number of rotatable bonds is 13. The molecule has 5 nitrogen and oxygen atoms in total. The molecule has 1 rings (SSSR count). The van der Waals surface area contributed by atoms with Crippen molar-refractivity contribution in [2.24, 2.45) is 5.92 Å². The zero-order chi connectivity index (χ0) is 19.6. The summed E-state index contributed by atoms with van der Waals surface area (Å²) < 4.78 is 0. The molecule has 26 heavy (non-hydrogen) atoms. The van der Waals surface area contributed by atoms with Gasteiger partial charge < -0.3 is 15.3 Å². The Morgan fingerprint density at radius 2 is 2.04 bits per heavy atom. The first-order chi connectivity index (χ1) is 12.3. The summed E-state index contributed by atoms with van der Waals surface area (Å²) in [5.41, 5.74) is -0.775. The lowest BCUT2D eigenvalue weighted by molar-refractivity contribution is -0.137. The zero-order valence-electron chi connectivity index (χ0n) is 16.0. The zero-order valence-corrected chi connectivity index (χ0v) is 16.8. The minimum absolute atomic E-state index is 0.0795. The molecule has 1 saturated carbocycles. The number of carboxylic acid groups (broad SMARTS) is 1. The van der Waals surface area contributed by atoms with Gasteiger partial charge in [-0.15, -0.1) is 0 Å². The van der Waals surface area contributed by atoms with Crippen LogP contribution in [0.3, 0.4) is 0 Å². The summed E-state index contributed by atoms with van der Waals surface area (Å²) >= 11 is 1.51. The van der Waals surface area contributed by atoms with Crippen LogP contribution >= 0.6 is 11.8 Å². The minimum atomic E-state index is -0.796. The smallest absolute Gasteiger partial charge is 0.303 e. The lowest BCUT2D eigenvalue weighted by atomic mass is 10.0. The first kappa shape index (κ1) is 23.2. The molecule has 3 N–H and O–H groups in total.